The number of nitrogens with zero attached hydrogens (tertiary/aromatic N) is 4. The summed E-state index contributed by atoms with van der Waals surface area (Å²) in [5.41, 5.74) is 1.88. The quantitative estimate of drug-likeness (QED) is 0.820. The summed E-state index contributed by atoms with van der Waals surface area (Å²) in [4.78, 5) is 29.2. The highest BCUT2D eigenvalue weighted by molar-refractivity contribution is 5.92. The van der Waals surface area contributed by atoms with Gasteiger partial charge < -0.3 is 15.1 Å². The number of carbonyl (C=O) groups is 2. The van der Waals surface area contributed by atoms with Crippen molar-refractivity contribution in [2.45, 2.75) is 40.2 Å². The lowest BCUT2D eigenvalue weighted by atomic mass is 9.90. The number of carbonyl (C=O) groups excluding carboxylic acids is 2. The molecular weight excluding hydrogens is 378 g/mol. The van der Waals surface area contributed by atoms with Crippen molar-refractivity contribution >= 4 is 23.3 Å². The van der Waals surface area contributed by atoms with Crippen LogP contribution in [0, 0.1) is 11.3 Å². The standard InChI is InChI=1S/C23H33N5O2/c1-23(2,3)22(30)27-14-11-18(12-15-27)21(29)25-20-10-13-24-28(20)16-17-6-8-19(9-7-17)26(4)5/h6-10,13,18H,11-12,14-16H2,1-5H3,(H,25,29). The Morgan fingerprint density at radius 2 is 1.73 bits per heavy atom. The highest BCUT2D eigenvalue weighted by Gasteiger charge is 2.32. The van der Waals surface area contributed by atoms with Crippen LogP contribution in [0.3, 0.4) is 0 Å². The first-order chi connectivity index (χ1) is 14.1. The molecule has 0 unspecified atom stereocenters. The molecule has 2 heterocycles. The van der Waals surface area contributed by atoms with Crippen LogP contribution in [-0.4, -0.2) is 53.7 Å². The van der Waals surface area contributed by atoms with E-state index in [9.17, 15) is 9.59 Å². The van der Waals surface area contributed by atoms with Gasteiger partial charge in [-0.05, 0) is 30.5 Å². The summed E-state index contributed by atoms with van der Waals surface area (Å²) in [7, 11) is 4.03. The van der Waals surface area contributed by atoms with Crippen molar-refractivity contribution in [1.29, 1.82) is 0 Å². The Kier molecular flexibility index (Phi) is 6.48. The zero-order valence-electron chi connectivity index (χ0n) is 18.7. The summed E-state index contributed by atoms with van der Waals surface area (Å²) in [5, 5.41) is 7.40. The minimum atomic E-state index is -0.383. The van der Waals surface area contributed by atoms with Crippen LogP contribution in [0.4, 0.5) is 11.5 Å². The lowest BCUT2D eigenvalue weighted by Crippen LogP contribution is -2.45. The van der Waals surface area contributed by atoms with Crippen molar-refractivity contribution in [3.63, 3.8) is 0 Å². The lowest BCUT2D eigenvalue weighted by Gasteiger charge is -2.35. The fourth-order valence-corrected chi connectivity index (χ4v) is 3.68. The van der Waals surface area contributed by atoms with Crippen LogP contribution >= 0.6 is 0 Å². The van der Waals surface area contributed by atoms with E-state index in [-0.39, 0.29) is 23.1 Å². The van der Waals surface area contributed by atoms with Gasteiger partial charge in [0.15, 0.2) is 0 Å². The van der Waals surface area contributed by atoms with E-state index < -0.39 is 0 Å². The van der Waals surface area contributed by atoms with Gasteiger partial charge >= 0.3 is 0 Å². The highest BCUT2D eigenvalue weighted by Crippen LogP contribution is 2.24. The number of anilines is 2. The summed E-state index contributed by atoms with van der Waals surface area (Å²) in [6.45, 7) is 7.65. The molecule has 0 bridgehead atoms. The van der Waals surface area contributed by atoms with Crippen molar-refractivity contribution in [3.05, 3.63) is 42.1 Å². The molecule has 0 spiro atoms. The number of nitrogens with one attached hydrogen (secondary N) is 1. The Hall–Kier alpha value is -2.83. The van der Waals surface area contributed by atoms with Gasteiger partial charge in [-0.2, -0.15) is 5.10 Å². The minimum absolute atomic E-state index is 0.00237. The SMILES string of the molecule is CN(C)c1ccc(Cn2nccc2NC(=O)C2CCN(C(=O)C(C)(C)C)CC2)cc1. The molecule has 162 valence electrons. The second-order valence-corrected chi connectivity index (χ2v) is 9.24. The minimum Gasteiger partial charge on any atom is -0.378 e. The zero-order valence-corrected chi connectivity index (χ0v) is 18.7. The monoisotopic (exact) mass is 411 g/mol. The molecule has 30 heavy (non-hydrogen) atoms. The van der Waals surface area contributed by atoms with E-state index in [0.717, 1.165) is 11.3 Å². The van der Waals surface area contributed by atoms with E-state index in [2.05, 4.69) is 39.6 Å². The van der Waals surface area contributed by atoms with Gasteiger partial charge in [-0.15, -0.1) is 0 Å². The second-order valence-electron chi connectivity index (χ2n) is 9.24. The highest BCUT2D eigenvalue weighted by atomic mass is 16.2. The van der Waals surface area contributed by atoms with E-state index >= 15 is 0 Å². The molecule has 3 rings (SSSR count). The number of rotatable bonds is 5. The molecule has 0 radical (unpaired) electrons. The van der Waals surface area contributed by atoms with Gasteiger partial charge in [-0.3, -0.25) is 9.59 Å². The molecule has 1 aromatic heterocycles. The first-order valence-corrected chi connectivity index (χ1v) is 10.5. The summed E-state index contributed by atoms with van der Waals surface area (Å²) in [6, 6.07) is 10.1. The molecule has 0 atom stereocenters. The first kappa shape index (κ1) is 21.9. The Morgan fingerprint density at radius 3 is 2.30 bits per heavy atom. The predicted molar refractivity (Wildman–Crippen MR) is 119 cm³/mol. The number of aromatic nitrogens is 2. The van der Waals surface area contributed by atoms with Crippen LogP contribution in [0.15, 0.2) is 36.5 Å². The zero-order chi connectivity index (χ0) is 21.9. The van der Waals surface area contributed by atoms with E-state index in [0.29, 0.717) is 38.3 Å². The van der Waals surface area contributed by atoms with Gasteiger partial charge in [0.2, 0.25) is 11.8 Å². The van der Waals surface area contributed by atoms with Crippen LogP contribution in [0.1, 0.15) is 39.2 Å². The van der Waals surface area contributed by atoms with Gasteiger partial charge in [-0.25, -0.2) is 4.68 Å². The number of piperidine rings is 1. The van der Waals surface area contributed by atoms with E-state index in [1.54, 1.807) is 10.9 Å². The van der Waals surface area contributed by atoms with Crippen LogP contribution in [0.25, 0.3) is 0 Å². The number of likely N-dealkylation sites (tertiary alicyclic amines) is 1. The normalized spacial score (nSPS) is 15.2. The average Bonchev–Trinajstić information content (AvgIpc) is 3.13. The molecule has 1 aromatic carbocycles. The molecule has 1 saturated heterocycles. The first-order valence-electron chi connectivity index (χ1n) is 10.5. The number of amides is 2. The second kappa shape index (κ2) is 8.90. The Bertz CT molecular complexity index is 872. The predicted octanol–water partition coefficient (Wildman–Crippen LogP) is 3.22. The maximum Gasteiger partial charge on any atom is 0.228 e. The summed E-state index contributed by atoms with van der Waals surface area (Å²) >= 11 is 0. The maximum atomic E-state index is 12.8. The molecule has 1 aliphatic rings. The number of hydrogen-bond acceptors (Lipinski definition) is 4. The molecule has 0 saturated carbocycles. The van der Waals surface area contributed by atoms with Gasteiger partial charge in [0, 0.05) is 50.3 Å². The molecule has 7 heteroatoms. The maximum absolute atomic E-state index is 12.8. The topological polar surface area (TPSA) is 70.5 Å². The number of benzene rings is 1. The van der Waals surface area contributed by atoms with Crippen LogP contribution in [0.5, 0.6) is 0 Å². The smallest absolute Gasteiger partial charge is 0.228 e. The molecular formula is C23H33N5O2. The van der Waals surface area contributed by atoms with Gasteiger partial charge in [0.05, 0.1) is 12.7 Å². The Balaban J connectivity index is 1.57. The summed E-state index contributed by atoms with van der Waals surface area (Å²) in [5.74, 6) is 0.768. The molecule has 2 amide bonds. The summed E-state index contributed by atoms with van der Waals surface area (Å²) in [6.07, 6.45) is 3.08. The van der Waals surface area contributed by atoms with Crippen LogP contribution in [-0.2, 0) is 16.1 Å². The third-order valence-electron chi connectivity index (χ3n) is 5.55. The van der Waals surface area contributed by atoms with Crippen LogP contribution < -0.4 is 10.2 Å². The third-order valence-corrected chi connectivity index (χ3v) is 5.55. The van der Waals surface area contributed by atoms with Gasteiger partial charge in [0.25, 0.3) is 0 Å². The fourth-order valence-electron chi connectivity index (χ4n) is 3.68. The Labute approximate surface area is 179 Å². The molecule has 0 aliphatic carbocycles. The molecule has 2 aromatic rings. The van der Waals surface area contributed by atoms with Crippen LogP contribution in [0.2, 0.25) is 0 Å². The van der Waals surface area contributed by atoms with E-state index in [1.165, 1.54) is 0 Å². The van der Waals surface area contributed by atoms with E-state index in [1.807, 2.05) is 45.8 Å². The molecule has 1 aliphatic heterocycles. The molecule has 7 nitrogen and oxygen atoms in total. The number of hydrogen-bond donors (Lipinski definition) is 1. The summed E-state index contributed by atoms with van der Waals surface area (Å²) < 4.78 is 1.81. The molecule has 1 fully saturated rings. The van der Waals surface area contributed by atoms with Gasteiger partial charge in [-0.1, -0.05) is 32.9 Å². The van der Waals surface area contributed by atoms with Crippen molar-refractivity contribution in [3.8, 4) is 0 Å². The van der Waals surface area contributed by atoms with Crippen molar-refractivity contribution < 1.29 is 9.59 Å². The lowest BCUT2D eigenvalue weighted by molar-refractivity contribution is -0.142. The Morgan fingerprint density at radius 1 is 1.10 bits per heavy atom. The fraction of sp³-hybridized carbons (Fsp3) is 0.522. The molecule has 1 N–H and O–H groups in total. The third kappa shape index (κ3) is 5.20. The van der Waals surface area contributed by atoms with Crippen molar-refractivity contribution in [2.24, 2.45) is 11.3 Å². The van der Waals surface area contributed by atoms with Gasteiger partial charge in [0.1, 0.15) is 5.82 Å². The van der Waals surface area contributed by atoms with Crippen molar-refractivity contribution in [2.75, 3.05) is 37.4 Å². The largest absolute Gasteiger partial charge is 0.378 e. The van der Waals surface area contributed by atoms with Crippen molar-refractivity contribution in [1.82, 2.24) is 14.7 Å². The average molecular weight is 412 g/mol. The van der Waals surface area contributed by atoms with E-state index in [4.69, 9.17) is 0 Å².